The Morgan fingerprint density at radius 2 is 1.55 bits per heavy atom. The molecule has 3 unspecified atom stereocenters. The number of hydrogen-bond donors (Lipinski definition) is 2. The second-order valence-electron chi connectivity index (χ2n) is 13.6. The van der Waals surface area contributed by atoms with Gasteiger partial charge in [-0.25, -0.2) is 0 Å². The standard InChI is InChI=1S/C43H40N4/c1-28-12-11-15-31(24-28)41(44)46-42(45-27-29-13-5-4-6-14-29)30-20-22-32(23-21-30)47-39-19-10-8-17-34(39)36-25-38-35(26-40(36)47)33-16-7-9-18-37(33)43(38,2)3/h4-23,25-28,41-42,46H,24,44H2,1-3H3/b45-27+. The van der Waals surface area contributed by atoms with Crippen LogP contribution in [0.2, 0.25) is 0 Å². The molecular formula is C43H40N4. The van der Waals surface area contributed by atoms with Crippen molar-refractivity contribution in [1.82, 2.24) is 9.88 Å². The van der Waals surface area contributed by atoms with Gasteiger partial charge in [0.1, 0.15) is 6.17 Å². The molecule has 0 spiro atoms. The van der Waals surface area contributed by atoms with Crippen LogP contribution in [0.4, 0.5) is 0 Å². The first-order chi connectivity index (χ1) is 22.9. The highest BCUT2D eigenvalue weighted by Gasteiger charge is 2.36. The van der Waals surface area contributed by atoms with E-state index in [2.05, 4.69) is 146 Å². The van der Waals surface area contributed by atoms with Crippen LogP contribution >= 0.6 is 0 Å². The predicted octanol–water partition coefficient (Wildman–Crippen LogP) is 9.60. The summed E-state index contributed by atoms with van der Waals surface area (Å²) in [5.41, 5.74) is 19.0. The van der Waals surface area contributed by atoms with E-state index >= 15 is 0 Å². The summed E-state index contributed by atoms with van der Waals surface area (Å²) < 4.78 is 2.41. The van der Waals surface area contributed by atoms with Crippen LogP contribution in [0.1, 0.15) is 55.6 Å². The van der Waals surface area contributed by atoms with Crippen molar-refractivity contribution in [2.24, 2.45) is 16.6 Å². The summed E-state index contributed by atoms with van der Waals surface area (Å²) in [6.45, 7) is 6.92. The predicted molar refractivity (Wildman–Crippen MR) is 197 cm³/mol. The third kappa shape index (κ3) is 5.14. The highest BCUT2D eigenvalue weighted by Crippen LogP contribution is 2.50. The fourth-order valence-electron chi connectivity index (χ4n) is 7.56. The van der Waals surface area contributed by atoms with E-state index in [0.717, 1.165) is 23.2 Å². The van der Waals surface area contributed by atoms with E-state index in [1.54, 1.807) is 0 Å². The Morgan fingerprint density at radius 3 is 2.36 bits per heavy atom. The van der Waals surface area contributed by atoms with Crippen molar-refractivity contribution in [3.63, 3.8) is 0 Å². The number of fused-ring (bicyclic) bond motifs is 6. The maximum atomic E-state index is 6.76. The minimum absolute atomic E-state index is 0.0455. The number of rotatable bonds is 7. The summed E-state index contributed by atoms with van der Waals surface area (Å²) in [4.78, 5) is 5.02. The SMILES string of the molecule is CC1C=CC=C(C(N)NC(/N=C/c2ccccc2)c2ccc(-n3c4ccccc4c4cc5c(cc43)-c3ccccc3C5(C)C)cc2)C1. The summed E-state index contributed by atoms with van der Waals surface area (Å²) in [5.74, 6) is 0.473. The minimum Gasteiger partial charge on any atom is -0.312 e. The molecule has 0 fully saturated rings. The molecule has 8 rings (SSSR count). The Hall–Kier alpha value is -5.03. The first-order valence-electron chi connectivity index (χ1n) is 16.6. The molecule has 3 N–H and O–H groups in total. The quantitative estimate of drug-likeness (QED) is 0.139. The molecule has 1 heterocycles. The van der Waals surface area contributed by atoms with E-state index in [4.69, 9.17) is 10.7 Å². The van der Waals surface area contributed by atoms with E-state index in [1.807, 2.05) is 24.4 Å². The molecule has 0 saturated heterocycles. The second-order valence-corrected chi connectivity index (χ2v) is 13.6. The summed E-state index contributed by atoms with van der Waals surface area (Å²) in [7, 11) is 0. The van der Waals surface area contributed by atoms with Crippen molar-refractivity contribution in [2.75, 3.05) is 0 Å². The van der Waals surface area contributed by atoms with Gasteiger partial charge in [-0.1, -0.05) is 124 Å². The lowest BCUT2D eigenvalue weighted by Crippen LogP contribution is -2.41. The van der Waals surface area contributed by atoms with Gasteiger partial charge in [-0.2, -0.15) is 0 Å². The highest BCUT2D eigenvalue weighted by atomic mass is 15.1. The first kappa shape index (κ1) is 29.4. The van der Waals surface area contributed by atoms with E-state index in [9.17, 15) is 0 Å². The maximum Gasteiger partial charge on any atom is 0.126 e. The largest absolute Gasteiger partial charge is 0.312 e. The van der Waals surface area contributed by atoms with Gasteiger partial charge in [-0.15, -0.1) is 0 Å². The number of benzene rings is 5. The zero-order chi connectivity index (χ0) is 32.1. The number of para-hydroxylation sites is 1. The average Bonchev–Trinajstić information content (AvgIpc) is 3.54. The number of allylic oxidation sites excluding steroid dienone is 3. The van der Waals surface area contributed by atoms with Crippen molar-refractivity contribution in [3.8, 4) is 16.8 Å². The van der Waals surface area contributed by atoms with Crippen molar-refractivity contribution < 1.29 is 0 Å². The van der Waals surface area contributed by atoms with Crippen LogP contribution in [0.15, 0.2) is 144 Å². The van der Waals surface area contributed by atoms with Gasteiger partial charge in [0.15, 0.2) is 0 Å². The molecule has 6 aromatic rings. The molecule has 2 aliphatic carbocycles. The zero-order valence-corrected chi connectivity index (χ0v) is 27.2. The molecule has 5 aromatic carbocycles. The summed E-state index contributed by atoms with van der Waals surface area (Å²) >= 11 is 0. The first-order valence-corrected chi connectivity index (χ1v) is 16.6. The van der Waals surface area contributed by atoms with Crippen LogP contribution in [-0.4, -0.2) is 16.9 Å². The Kier molecular flexibility index (Phi) is 7.28. The van der Waals surface area contributed by atoms with Crippen LogP contribution < -0.4 is 11.1 Å². The van der Waals surface area contributed by atoms with E-state index in [1.165, 1.54) is 49.6 Å². The van der Waals surface area contributed by atoms with Gasteiger partial charge >= 0.3 is 0 Å². The second kappa shape index (κ2) is 11.6. The molecule has 47 heavy (non-hydrogen) atoms. The topological polar surface area (TPSA) is 55.3 Å². The van der Waals surface area contributed by atoms with Crippen molar-refractivity contribution >= 4 is 28.0 Å². The molecule has 1 aromatic heterocycles. The molecule has 4 nitrogen and oxygen atoms in total. The van der Waals surface area contributed by atoms with Gasteiger partial charge in [-0.05, 0) is 81.6 Å². The Balaban J connectivity index is 1.21. The zero-order valence-electron chi connectivity index (χ0n) is 27.2. The van der Waals surface area contributed by atoms with Gasteiger partial charge in [0, 0.05) is 28.1 Å². The number of nitrogens with one attached hydrogen (secondary N) is 1. The molecule has 3 atom stereocenters. The summed E-state index contributed by atoms with van der Waals surface area (Å²) in [6.07, 6.45) is 8.75. The van der Waals surface area contributed by atoms with Crippen molar-refractivity contribution in [2.45, 2.75) is 44.9 Å². The number of nitrogens with zero attached hydrogens (tertiary/aromatic N) is 2. The highest BCUT2D eigenvalue weighted by molar-refractivity contribution is 6.11. The van der Waals surface area contributed by atoms with E-state index < -0.39 is 0 Å². The Morgan fingerprint density at radius 1 is 0.809 bits per heavy atom. The molecule has 232 valence electrons. The van der Waals surface area contributed by atoms with Crippen molar-refractivity contribution in [1.29, 1.82) is 0 Å². The molecular weight excluding hydrogens is 573 g/mol. The van der Waals surface area contributed by atoms with Gasteiger partial charge < -0.3 is 10.3 Å². The molecule has 0 aliphatic heterocycles. The Labute approximate surface area is 277 Å². The number of hydrogen-bond acceptors (Lipinski definition) is 3. The van der Waals surface area contributed by atoms with Gasteiger partial charge in [0.25, 0.3) is 0 Å². The monoisotopic (exact) mass is 612 g/mol. The number of aromatic nitrogens is 1. The normalized spacial score (nSPS) is 18.0. The fraction of sp³-hybridized carbons (Fsp3) is 0.186. The average molecular weight is 613 g/mol. The lowest BCUT2D eigenvalue weighted by Gasteiger charge is -2.25. The number of aliphatic imine (C=N–C) groups is 1. The number of nitrogens with two attached hydrogens (primary N) is 1. The molecule has 2 aliphatic rings. The smallest absolute Gasteiger partial charge is 0.126 e. The van der Waals surface area contributed by atoms with Crippen LogP contribution in [0, 0.1) is 5.92 Å². The maximum absolute atomic E-state index is 6.76. The van der Waals surface area contributed by atoms with E-state index in [-0.39, 0.29) is 17.7 Å². The molecule has 0 saturated carbocycles. The van der Waals surface area contributed by atoms with Crippen LogP contribution in [0.5, 0.6) is 0 Å². The third-order valence-electron chi connectivity index (χ3n) is 10.1. The lowest BCUT2D eigenvalue weighted by molar-refractivity contribution is 0.474. The van der Waals surface area contributed by atoms with Crippen LogP contribution in [-0.2, 0) is 5.41 Å². The van der Waals surface area contributed by atoms with Gasteiger partial charge in [0.05, 0.1) is 17.2 Å². The van der Waals surface area contributed by atoms with E-state index in [0.29, 0.717) is 5.92 Å². The minimum atomic E-state index is -0.304. The molecule has 0 radical (unpaired) electrons. The third-order valence-corrected chi connectivity index (χ3v) is 10.1. The lowest BCUT2D eigenvalue weighted by atomic mass is 9.82. The molecule has 0 bridgehead atoms. The van der Waals surface area contributed by atoms with Crippen LogP contribution in [0.25, 0.3) is 38.6 Å². The summed E-state index contributed by atoms with van der Waals surface area (Å²) in [6, 6.07) is 41.5. The fourth-order valence-corrected chi connectivity index (χ4v) is 7.56. The Bertz CT molecular complexity index is 2200. The van der Waals surface area contributed by atoms with Crippen molar-refractivity contribution in [3.05, 3.63) is 161 Å². The molecule has 0 amide bonds. The van der Waals surface area contributed by atoms with Gasteiger partial charge in [-0.3, -0.25) is 10.3 Å². The molecule has 4 heteroatoms. The van der Waals surface area contributed by atoms with Gasteiger partial charge in [0.2, 0.25) is 0 Å². The summed E-state index contributed by atoms with van der Waals surface area (Å²) in [5, 5.41) is 6.17. The van der Waals surface area contributed by atoms with Crippen LogP contribution in [0.3, 0.4) is 0 Å².